The molecule has 4 nitrogen and oxygen atoms in total. The SMILES string of the molecule is CCC(C)N(C)CCNC(=O)NCCC1=CCCCC1. The van der Waals surface area contributed by atoms with Crippen LogP contribution in [-0.2, 0) is 0 Å². The summed E-state index contributed by atoms with van der Waals surface area (Å²) in [5, 5.41) is 5.86. The Kier molecular flexibility index (Phi) is 8.35. The third kappa shape index (κ3) is 6.94. The third-order valence-electron chi connectivity index (χ3n) is 4.21. The topological polar surface area (TPSA) is 44.4 Å². The van der Waals surface area contributed by atoms with Gasteiger partial charge in [-0.3, -0.25) is 0 Å². The zero-order chi connectivity index (χ0) is 14.8. The van der Waals surface area contributed by atoms with Crippen LogP contribution in [0.1, 0.15) is 52.4 Å². The molecular weight excluding hydrogens is 250 g/mol. The van der Waals surface area contributed by atoms with E-state index in [1.807, 2.05) is 0 Å². The minimum absolute atomic E-state index is 0.0426. The summed E-state index contributed by atoms with van der Waals surface area (Å²) in [5.41, 5.74) is 1.51. The molecule has 0 bridgehead atoms. The number of likely N-dealkylation sites (N-methyl/N-ethyl adjacent to an activating group) is 1. The molecule has 0 fully saturated rings. The van der Waals surface area contributed by atoms with Crippen molar-refractivity contribution in [2.24, 2.45) is 0 Å². The fraction of sp³-hybridized carbons (Fsp3) is 0.812. The molecule has 1 atom stereocenters. The van der Waals surface area contributed by atoms with E-state index in [0.717, 1.165) is 25.9 Å². The molecule has 4 heteroatoms. The van der Waals surface area contributed by atoms with Crippen LogP contribution in [0.25, 0.3) is 0 Å². The van der Waals surface area contributed by atoms with Crippen LogP contribution in [0.15, 0.2) is 11.6 Å². The lowest BCUT2D eigenvalue weighted by atomic mass is 9.97. The average Bonchev–Trinajstić information content (AvgIpc) is 2.47. The van der Waals surface area contributed by atoms with E-state index < -0.39 is 0 Å². The van der Waals surface area contributed by atoms with Crippen molar-refractivity contribution in [2.75, 3.05) is 26.7 Å². The number of rotatable bonds is 8. The normalized spacial score (nSPS) is 16.7. The van der Waals surface area contributed by atoms with Crippen LogP contribution < -0.4 is 10.6 Å². The van der Waals surface area contributed by atoms with Gasteiger partial charge in [-0.15, -0.1) is 0 Å². The maximum absolute atomic E-state index is 11.6. The molecule has 0 heterocycles. The van der Waals surface area contributed by atoms with Crippen LogP contribution in [0.2, 0.25) is 0 Å². The molecule has 116 valence electrons. The average molecular weight is 281 g/mol. The Morgan fingerprint density at radius 3 is 2.75 bits per heavy atom. The van der Waals surface area contributed by atoms with Gasteiger partial charge in [0.1, 0.15) is 0 Å². The van der Waals surface area contributed by atoms with Gasteiger partial charge in [-0.05, 0) is 52.5 Å². The van der Waals surface area contributed by atoms with E-state index in [-0.39, 0.29) is 6.03 Å². The van der Waals surface area contributed by atoms with Crippen molar-refractivity contribution in [3.05, 3.63) is 11.6 Å². The lowest BCUT2D eigenvalue weighted by Gasteiger charge is -2.23. The zero-order valence-electron chi connectivity index (χ0n) is 13.4. The molecule has 0 aromatic heterocycles. The van der Waals surface area contributed by atoms with Crippen molar-refractivity contribution >= 4 is 6.03 Å². The second-order valence-corrected chi connectivity index (χ2v) is 5.78. The van der Waals surface area contributed by atoms with E-state index in [1.54, 1.807) is 0 Å². The molecule has 0 saturated carbocycles. The predicted molar refractivity (Wildman–Crippen MR) is 85.0 cm³/mol. The summed E-state index contributed by atoms with van der Waals surface area (Å²) < 4.78 is 0. The van der Waals surface area contributed by atoms with E-state index in [0.29, 0.717) is 12.6 Å². The first-order valence-corrected chi connectivity index (χ1v) is 8.03. The molecule has 1 aliphatic carbocycles. The van der Waals surface area contributed by atoms with Gasteiger partial charge in [0.05, 0.1) is 0 Å². The second-order valence-electron chi connectivity index (χ2n) is 5.78. The standard InChI is InChI=1S/C16H31N3O/c1-4-14(2)19(3)13-12-18-16(20)17-11-10-15-8-6-5-7-9-15/h8,14H,4-7,9-13H2,1-3H3,(H2,17,18,20). The summed E-state index contributed by atoms with van der Waals surface area (Å²) in [6.45, 7) is 6.74. The zero-order valence-corrected chi connectivity index (χ0v) is 13.4. The monoisotopic (exact) mass is 281 g/mol. The Morgan fingerprint density at radius 2 is 2.10 bits per heavy atom. The Hall–Kier alpha value is -1.03. The smallest absolute Gasteiger partial charge is 0.314 e. The Morgan fingerprint density at radius 1 is 1.35 bits per heavy atom. The Bertz CT molecular complexity index is 315. The number of nitrogens with one attached hydrogen (secondary N) is 2. The Balaban J connectivity index is 2.04. The van der Waals surface area contributed by atoms with E-state index in [1.165, 1.54) is 31.3 Å². The highest BCUT2D eigenvalue weighted by Gasteiger charge is 2.07. The molecule has 1 rings (SSSR count). The summed E-state index contributed by atoms with van der Waals surface area (Å²) in [5.74, 6) is 0. The van der Waals surface area contributed by atoms with E-state index in [9.17, 15) is 4.79 Å². The van der Waals surface area contributed by atoms with Crippen LogP contribution in [0, 0.1) is 0 Å². The molecule has 0 radical (unpaired) electrons. The summed E-state index contributed by atoms with van der Waals surface area (Å²) in [6.07, 6.45) is 9.52. The van der Waals surface area contributed by atoms with Crippen molar-refractivity contribution in [3.63, 3.8) is 0 Å². The summed E-state index contributed by atoms with van der Waals surface area (Å²) in [6, 6.07) is 0.525. The fourth-order valence-corrected chi connectivity index (χ4v) is 2.41. The van der Waals surface area contributed by atoms with Crippen molar-refractivity contribution in [2.45, 2.75) is 58.4 Å². The molecular formula is C16H31N3O. The van der Waals surface area contributed by atoms with Crippen LogP contribution in [0.5, 0.6) is 0 Å². The first kappa shape index (κ1) is 17.0. The number of amides is 2. The lowest BCUT2D eigenvalue weighted by Crippen LogP contribution is -2.41. The van der Waals surface area contributed by atoms with E-state index in [4.69, 9.17) is 0 Å². The van der Waals surface area contributed by atoms with Gasteiger partial charge < -0.3 is 15.5 Å². The summed E-state index contributed by atoms with van der Waals surface area (Å²) >= 11 is 0. The number of allylic oxidation sites excluding steroid dienone is 1. The maximum atomic E-state index is 11.6. The van der Waals surface area contributed by atoms with Gasteiger partial charge in [-0.25, -0.2) is 4.79 Å². The third-order valence-corrected chi connectivity index (χ3v) is 4.21. The molecule has 1 unspecified atom stereocenters. The van der Waals surface area contributed by atoms with Crippen molar-refractivity contribution in [3.8, 4) is 0 Å². The molecule has 1 aliphatic rings. The minimum atomic E-state index is -0.0426. The lowest BCUT2D eigenvalue weighted by molar-refractivity contribution is 0.230. The molecule has 0 aliphatic heterocycles. The second kappa shape index (κ2) is 9.81. The first-order valence-electron chi connectivity index (χ1n) is 8.03. The first-order chi connectivity index (χ1) is 9.63. The van der Waals surface area contributed by atoms with E-state index in [2.05, 4.69) is 42.5 Å². The van der Waals surface area contributed by atoms with Gasteiger partial charge in [-0.1, -0.05) is 18.6 Å². The van der Waals surface area contributed by atoms with Crippen LogP contribution in [0.4, 0.5) is 4.79 Å². The largest absolute Gasteiger partial charge is 0.338 e. The highest BCUT2D eigenvalue weighted by molar-refractivity contribution is 5.73. The highest BCUT2D eigenvalue weighted by atomic mass is 16.2. The number of nitrogens with zero attached hydrogens (tertiary/aromatic N) is 1. The quantitative estimate of drug-likeness (QED) is 0.672. The van der Waals surface area contributed by atoms with Gasteiger partial charge in [0.15, 0.2) is 0 Å². The van der Waals surface area contributed by atoms with Crippen molar-refractivity contribution in [1.29, 1.82) is 0 Å². The summed E-state index contributed by atoms with van der Waals surface area (Å²) in [7, 11) is 2.10. The Labute approximate surface area is 124 Å². The fourth-order valence-electron chi connectivity index (χ4n) is 2.41. The van der Waals surface area contributed by atoms with E-state index >= 15 is 0 Å². The van der Waals surface area contributed by atoms with Gasteiger partial charge >= 0.3 is 6.03 Å². The molecule has 2 N–H and O–H groups in total. The molecule has 2 amide bonds. The van der Waals surface area contributed by atoms with Gasteiger partial charge in [-0.2, -0.15) is 0 Å². The molecule has 0 aromatic rings. The predicted octanol–water partition coefficient (Wildman–Crippen LogP) is 2.91. The molecule has 0 aromatic carbocycles. The maximum Gasteiger partial charge on any atom is 0.314 e. The molecule has 20 heavy (non-hydrogen) atoms. The van der Waals surface area contributed by atoms with Crippen LogP contribution in [-0.4, -0.2) is 43.7 Å². The minimum Gasteiger partial charge on any atom is -0.338 e. The number of carbonyl (C=O) groups excluding carboxylic acids is 1. The van der Waals surface area contributed by atoms with Crippen molar-refractivity contribution < 1.29 is 4.79 Å². The van der Waals surface area contributed by atoms with Crippen LogP contribution >= 0.6 is 0 Å². The van der Waals surface area contributed by atoms with Crippen LogP contribution in [0.3, 0.4) is 0 Å². The number of hydrogen-bond donors (Lipinski definition) is 2. The number of urea groups is 1. The molecule has 0 spiro atoms. The van der Waals surface area contributed by atoms with Crippen molar-refractivity contribution in [1.82, 2.24) is 15.5 Å². The number of carbonyl (C=O) groups is 1. The summed E-state index contributed by atoms with van der Waals surface area (Å²) in [4.78, 5) is 13.9. The number of hydrogen-bond acceptors (Lipinski definition) is 2. The highest BCUT2D eigenvalue weighted by Crippen LogP contribution is 2.19. The van der Waals surface area contributed by atoms with Gasteiger partial charge in [0.2, 0.25) is 0 Å². The van der Waals surface area contributed by atoms with Gasteiger partial charge in [0.25, 0.3) is 0 Å². The molecule has 0 saturated heterocycles. The van der Waals surface area contributed by atoms with Gasteiger partial charge in [0, 0.05) is 25.7 Å².